The first kappa shape index (κ1) is 14.4. The van der Waals surface area contributed by atoms with E-state index < -0.39 is 5.97 Å². The van der Waals surface area contributed by atoms with Crippen molar-refractivity contribution < 1.29 is 19.2 Å². The molecule has 1 aromatic heterocycles. The van der Waals surface area contributed by atoms with Gasteiger partial charge in [-0.15, -0.1) is 0 Å². The van der Waals surface area contributed by atoms with Crippen LogP contribution in [-0.2, 0) is 11.3 Å². The number of nitrogens with zero attached hydrogens (tertiary/aromatic N) is 1. The zero-order valence-electron chi connectivity index (χ0n) is 11.2. The van der Waals surface area contributed by atoms with E-state index in [2.05, 4.69) is 15.8 Å². The predicted molar refractivity (Wildman–Crippen MR) is 69.8 cm³/mol. The first-order valence-corrected chi connectivity index (χ1v) is 6.79. The molecule has 1 aromatic rings. The minimum Gasteiger partial charge on any atom is -0.481 e. The second-order valence-electron chi connectivity index (χ2n) is 5.10. The molecule has 2 amide bonds. The zero-order valence-corrected chi connectivity index (χ0v) is 11.2. The van der Waals surface area contributed by atoms with Crippen LogP contribution in [0.3, 0.4) is 0 Å². The summed E-state index contributed by atoms with van der Waals surface area (Å²) in [5.41, 5.74) is 0. The van der Waals surface area contributed by atoms with Gasteiger partial charge in [0.15, 0.2) is 5.76 Å². The van der Waals surface area contributed by atoms with Crippen molar-refractivity contribution in [3.63, 3.8) is 0 Å². The lowest BCUT2D eigenvalue weighted by molar-refractivity contribution is -0.143. The highest BCUT2D eigenvalue weighted by Gasteiger charge is 2.25. The molecule has 0 spiro atoms. The Morgan fingerprint density at radius 2 is 2.05 bits per heavy atom. The van der Waals surface area contributed by atoms with Crippen molar-refractivity contribution in [3.05, 3.63) is 18.0 Å². The molecule has 110 valence electrons. The Bertz CT molecular complexity index is 438. The lowest BCUT2D eigenvalue weighted by Crippen LogP contribution is -2.38. The molecule has 0 aliphatic heterocycles. The van der Waals surface area contributed by atoms with E-state index in [4.69, 9.17) is 9.63 Å². The fraction of sp³-hybridized carbons (Fsp3) is 0.615. The van der Waals surface area contributed by atoms with Gasteiger partial charge in [-0.2, -0.15) is 0 Å². The average molecular weight is 281 g/mol. The van der Waals surface area contributed by atoms with Crippen molar-refractivity contribution in [1.82, 2.24) is 15.8 Å². The third kappa shape index (κ3) is 4.25. The summed E-state index contributed by atoms with van der Waals surface area (Å²) in [6.45, 7) is 0.881. The molecule has 0 bridgehead atoms. The van der Waals surface area contributed by atoms with Gasteiger partial charge in [-0.1, -0.05) is 5.16 Å². The second kappa shape index (κ2) is 6.93. The van der Waals surface area contributed by atoms with Crippen molar-refractivity contribution in [2.45, 2.75) is 32.2 Å². The van der Waals surface area contributed by atoms with Crippen LogP contribution >= 0.6 is 0 Å². The van der Waals surface area contributed by atoms with Gasteiger partial charge in [0.2, 0.25) is 0 Å². The number of amides is 2. The largest absolute Gasteiger partial charge is 0.481 e. The number of nitrogens with one attached hydrogen (secondary N) is 2. The lowest BCUT2D eigenvalue weighted by atomic mass is 9.82. The highest BCUT2D eigenvalue weighted by Crippen LogP contribution is 2.28. The third-order valence-corrected chi connectivity index (χ3v) is 3.66. The van der Waals surface area contributed by atoms with Crippen molar-refractivity contribution in [2.24, 2.45) is 11.8 Å². The van der Waals surface area contributed by atoms with Crippen molar-refractivity contribution in [2.75, 3.05) is 6.54 Å². The van der Waals surface area contributed by atoms with Crippen LogP contribution in [0.25, 0.3) is 0 Å². The topological polar surface area (TPSA) is 104 Å². The summed E-state index contributed by atoms with van der Waals surface area (Å²) in [5, 5.41) is 17.9. The number of carboxylic acids is 1. The minimum atomic E-state index is -0.707. The number of aromatic nitrogens is 1. The third-order valence-electron chi connectivity index (χ3n) is 3.66. The molecular weight excluding hydrogens is 262 g/mol. The summed E-state index contributed by atoms with van der Waals surface area (Å²) in [6.07, 6.45) is 4.61. The molecule has 0 atom stereocenters. The van der Waals surface area contributed by atoms with E-state index in [0.717, 1.165) is 12.8 Å². The van der Waals surface area contributed by atoms with E-state index in [0.29, 0.717) is 37.6 Å². The van der Waals surface area contributed by atoms with Crippen LogP contribution < -0.4 is 10.6 Å². The van der Waals surface area contributed by atoms with Gasteiger partial charge >= 0.3 is 12.0 Å². The number of carbonyl (C=O) groups is 2. The van der Waals surface area contributed by atoms with Crippen molar-refractivity contribution >= 4 is 12.0 Å². The van der Waals surface area contributed by atoms with Gasteiger partial charge in [-0.3, -0.25) is 4.79 Å². The maximum atomic E-state index is 11.6. The van der Waals surface area contributed by atoms with Gasteiger partial charge in [0, 0.05) is 12.6 Å². The van der Waals surface area contributed by atoms with E-state index in [1.54, 1.807) is 6.07 Å². The molecule has 1 aliphatic rings. The summed E-state index contributed by atoms with van der Waals surface area (Å²) in [6, 6.07) is 1.44. The molecular formula is C13H19N3O4. The molecule has 7 nitrogen and oxygen atoms in total. The van der Waals surface area contributed by atoms with Gasteiger partial charge < -0.3 is 20.3 Å². The van der Waals surface area contributed by atoms with Crippen molar-refractivity contribution in [1.29, 1.82) is 0 Å². The molecule has 0 aromatic carbocycles. The molecule has 3 N–H and O–H groups in total. The highest BCUT2D eigenvalue weighted by atomic mass is 16.5. The average Bonchev–Trinajstić information content (AvgIpc) is 2.96. The Labute approximate surface area is 116 Å². The Balaban J connectivity index is 1.61. The number of urea groups is 1. The van der Waals surface area contributed by atoms with E-state index >= 15 is 0 Å². The van der Waals surface area contributed by atoms with E-state index in [1.165, 1.54) is 6.20 Å². The summed E-state index contributed by atoms with van der Waals surface area (Å²) in [5.74, 6) is 0.0384. The van der Waals surface area contributed by atoms with Crippen LogP contribution in [0, 0.1) is 11.8 Å². The number of carboxylic acid groups (broad SMARTS) is 1. The minimum absolute atomic E-state index is 0.216. The Hall–Kier alpha value is -2.05. The molecule has 1 saturated carbocycles. The lowest BCUT2D eigenvalue weighted by Gasteiger charge is -2.26. The van der Waals surface area contributed by atoms with Crippen LogP contribution in [0.5, 0.6) is 0 Å². The summed E-state index contributed by atoms with van der Waals surface area (Å²) < 4.78 is 4.86. The molecule has 2 rings (SSSR count). The summed E-state index contributed by atoms with van der Waals surface area (Å²) >= 11 is 0. The van der Waals surface area contributed by atoms with Crippen LogP contribution in [0.2, 0.25) is 0 Å². The molecule has 20 heavy (non-hydrogen) atoms. The smallest absolute Gasteiger partial charge is 0.315 e. The number of carbonyl (C=O) groups excluding carboxylic acids is 1. The second-order valence-corrected chi connectivity index (χ2v) is 5.10. The quantitative estimate of drug-likeness (QED) is 0.756. The van der Waals surface area contributed by atoms with Crippen LogP contribution in [-0.4, -0.2) is 28.8 Å². The van der Waals surface area contributed by atoms with Gasteiger partial charge in [-0.25, -0.2) is 4.79 Å². The van der Waals surface area contributed by atoms with E-state index in [1.807, 2.05) is 0 Å². The molecule has 0 unspecified atom stereocenters. The van der Waals surface area contributed by atoms with E-state index in [9.17, 15) is 9.59 Å². The SMILES string of the molecule is O=C(NCc1ccno1)NCC1CCC(C(=O)O)CC1. The van der Waals surface area contributed by atoms with Crippen LogP contribution in [0.15, 0.2) is 16.8 Å². The fourth-order valence-corrected chi connectivity index (χ4v) is 2.41. The molecule has 1 fully saturated rings. The predicted octanol–water partition coefficient (Wildman–Crippen LogP) is 1.36. The normalized spacial score (nSPS) is 22.2. The molecule has 0 saturated heterocycles. The fourth-order valence-electron chi connectivity index (χ4n) is 2.41. The summed E-state index contributed by atoms with van der Waals surface area (Å²) in [4.78, 5) is 22.4. The van der Waals surface area contributed by atoms with Gasteiger partial charge in [0.05, 0.1) is 18.7 Å². The van der Waals surface area contributed by atoms with Crippen LogP contribution in [0.4, 0.5) is 4.79 Å². The first-order valence-electron chi connectivity index (χ1n) is 6.79. The van der Waals surface area contributed by atoms with Crippen molar-refractivity contribution in [3.8, 4) is 0 Å². The Morgan fingerprint density at radius 3 is 2.65 bits per heavy atom. The first-order chi connectivity index (χ1) is 9.65. The van der Waals surface area contributed by atoms with Gasteiger partial charge in [-0.05, 0) is 31.6 Å². The van der Waals surface area contributed by atoms with Crippen LogP contribution in [0.1, 0.15) is 31.4 Å². The number of rotatable bonds is 5. The summed E-state index contributed by atoms with van der Waals surface area (Å²) in [7, 11) is 0. The maximum Gasteiger partial charge on any atom is 0.315 e. The van der Waals surface area contributed by atoms with E-state index in [-0.39, 0.29) is 11.9 Å². The highest BCUT2D eigenvalue weighted by molar-refractivity contribution is 5.73. The number of aliphatic carboxylic acids is 1. The zero-order chi connectivity index (χ0) is 14.4. The Kier molecular flexibility index (Phi) is 4.97. The molecule has 7 heteroatoms. The van der Waals surface area contributed by atoms with Gasteiger partial charge in [0.25, 0.3) is 0 Å². The Morgan fingerprint density at radius 1 is 1.30 bits per heavy atom. The number of hydrogen-bond donors (Lipinski definition) is 3. The molecule has 1 heterocycles. The van der Waals surface area contributed by atoms with Gasteiger partial charge in [0.1, 0.15) is 0 Å². The molecule has 0 radical (unpaired) electrons. The number of hydrogen-bond acceptors (Lipinski definition) is 4. The standard InChI is InChI=1S/C13H19N3O4/c17-12(18)10-3-1-9(2-4-10)7-14-13(19)15-8-11-5-6-16-20-11/h5-6,9-10H,1-4,7-8H2,(H,17,18)(H2,14,15,19). The molecule has 1 aliphatic carbocycles. The monoisotopic (exact) mass is 281 g/mol. The maximum absolute atomic E-state index is 11.6.